The minimum absolute atomic E-state index is 0. The monoisotopic (exact) mass is 501 g/mol. The molecule has 0 aliphatic rings. The highest BCUT2D eigenvalue weighted by atomic mass is 127. The van der Waals surface area contributed by atoms with Crippen molar-refractivity contribution >= 4 is 29.9 Å². The summed E-state index contributed by atoms with van der Waals surface area (Å²) in [5.41, 5.74) is 1.78. The van der Waals surface area contributed by atoms with Gasteiger partial charge in [0, 0.05) is 45.5 Å². The lowest BCUT2D eigenvalue weighted by molar-refractivity contribution is 0.180. The van der Waals surface area contributed by atoms with Gasteiger partial charge in [-0.2, -0.15) is 0 Å². The van der Waals surface area contributed by atoms with Crippen LogP contribution in [0.25, 0.3) is 11.5 Å². The van der Waals surface area contributed by atoms with Crippen molar-refractivity contribution in [3.8, 4) is 11.5 Å². The molecule has 0 bridgehead atoms. The topological polar surface area (TPSA) is 74.9 Å². The van der Waals surface area contributed by atoms with Crippen LogP contribution in [0, 0.1) is 0 Å². The van der Waals surface area contributed by atoms with Crippen LogP contribution in [0.2, 0.25) is 0 Å². The highest BCUT2D eigenvalue weighted by Crippen LogP contribution is 2.18. The van der Waals surface area contributed by atoms with E-state index in [0.717, 1.165) is 56.4 Å². The molecule has 1 heterocycles. The van der Waals surface area contributed by atoms with E-state index in [0.29, 0.717) is 12.4 Å². The summed E-state index contributed by atoms with van der Waals surface area (Å²) in [6.45, 7) is 6.91. The van der Waals surface area contributed by atoms with Gasteiger partial charge in [-0.3, -0.25) is 0 Å². The standard InChI is InChI=1S/C20H31N5O2.HI/c1-4-21-20(22-11-13-25(2)12-8-14-26-3)23-15-18-16-27-19(24-18)17-9-6-5-7-10-17;/h5-7,9-10,16H,4,8,11-15H2,1-3H3,(H2,21,22,23);1H. The molecule has 0 saturated heterocycles. The lowest BCUT2D eigenvalue weighted by atomic mass is 10.2. The van der Waals surface area contributed by atoms with Crippen LogP contribution < -0.4 is 10.6 Å². The molecule has 156 valence electrons. The average molecular weight is 501 g/mol. The molecule has 1 aromatic heterocycles. The Labute approximate surface area is 185 Å². The predicted molar refractivity (Wildman–Crippen MR) is 124 cm³/mol. The van der Waals surface area contributed by atoms with E-state index in [-0.39, 0.29) is 24.0 Å². The lowest BCUT2D eigenvalue weighted by Crippen LogP contribution is -2.41. The molecule has 2 rings (SSSR count). The maximum atomic E-state index is 5.56. The number of methoxy groups -OCH3 is 1. The number of nitrogens with zero attached hydrogens (tertiary/aromatic N) is 3. The zero-order valence-corrected chi connectivity index (χ0v) is 19.3. The van der Waals surface area contributed by atoms with Gasteiger partial charge in [-0.15, -0.1) is 24.0 Å². The Balaban J connectivity index is 0.00000392. The van der Waals surface area contributed by atoms with Crippen molar-refractivity contribution in [1.29, 1.82) is 0 Å². The van der Waals surface area contributed by atoms with E-state index in [1.54, 1.807) is 13.4 Å². The van der Waals surface area contributed by atoms with Gasteiger partial charge < -0.3 is 24.7 Å². The number of hydrogen-bond acceptors (Lipinski definition) is 5. The lowest BCUT2D eigenvalue weighted by Gasteiger charge is -2.18. The number of guanidine groups is 1. The third-order valence-corrected chi connectivity index (χ3v) is 3.99. The third-order valence-electron chi connectivity index (χ3n) is 3.99. The predicted octanol–water partition coefficient (Wildman–Crippen LogP) is 2.98. The molecule has 0 unspecified atom stereocenters. The second kappa shape index (κ2) is 14.4. The first-order chi connectivity index (χ1) is 13.2. The molecule has 7 nitrogen and oxygen atoms in total. The van der Waals surface area contributed by atoms with Crippen LogP contribution in [-0.4, -0.2) is 62.8 Å². The SMILES string of the molecule is CCNC(=NCc1coc(-c2ccccc2)n1)NCCN(C)CCCOC.I. The Morgan fingerprint density at radius 2 is 2.00 bits per heavy atom. The van der Waals surface area contributed by atoms with E-state index in [1.807, 2.05) is 30.3 Å². The van der Waals surface area contributed by atoms with Gasteiger partial charge in [-0.05, 0) is 32.5 Å². The van der Waals surface area contributed by atoms with Crippen LogP contribution in [0.4, 0.5) is 0 Å². The fourth-order valence-corrected chi connectivity index (χ4v) is 2.55. The van der Waals surface area contributed by atoms with Crippen molar-refractivity contribution in [2.75, 3.05) is 46.9 Å². The van der Waals surface area contributed by atoms with Gasteiger partial charge in [-0.1, -0.05) is 18.2 Å². The van der Waals surface area contributed by atoms with Gasteiger partial charge in [0.05, 0.1) is 6.54 Å². The minimum atomic E-state index is 0. The molecular formula is C20H32IN5O2. The molecule has 0 amide bonds. The summed E-state index contributed by atoms with van der Waals surface area (Å²) < 4.78 is 10.7. The molecule has 2 aromatic rings. The summed E-state index contributed by atoms with van der Waals surface area (Å²) in [5.74, 6) is 1.41. The summed E-state index contributed by atoms with van der Waals surface area (Å²) in [6, 6.07) is 9.87. The Hall–Kier alpha value is -1.65. The molecule has 0 radical (unpaired) electrons. The van der Waals surface area contributed by atoms with Gasteiger partial charge >= 0.3 is 0 Å². The molecule has 0 saturated carbocycles. The fourth-order valence-electron chi connectivity index (χ4n) is 2.55. The number of halogens is 1. The van der Waals surface area contributed by atoms with Gasteiger partial charge in [0.15, 0.2) is 5.96 Å². The first-order valence-corrected chi connectivity index (χ1v) is 9.42. The highest BCUT2D eigenvalue weighted by Gasteiger charge is 2.06. The number of rotatable bonds is 11. The molecule has 0 aliphatic heterocycles. The van der Waals surface area contributed by atoms with Gasteiger partial charge in [0.25, 0.3) is 0 Å². The fraction of sp³-hybridized carbons (Fsp3) is 0.500. The first-order valence-electron chi connectivity index (χ1n) is 9.42. The van der Waals surface area contributed by atoms with Gasteiger partial charge in [-0.25, -0.2) is 9.98 Å². The van der Waals surface area contributed by atoms with Crippen LogP contribution >= 0.6 is 24.0 Å². The Morgan fingerprint density at radius 1 is 1.21 bits per heavy atom. The summed E-state index contributed by atoms with van der Waals surface area (Å²) >= 11 is 0. The maximum Gasteiger partial charge on any atom is 0.226 e. The van der Waals surface area contributed by atoms with Crippen LogP contribution in [-0.2, 0) is 11.3 Å². The number of aromatic nitrogens is 1. The van der Waals surface area contributed by atoms with E-state index in [9.17, 15) is 0 Å². The van der Waals surface area contributed by atoms with Gasteiger partial charge in [0.2, 0.25) is 5.89 Å². The van der Waals surface area contributed by atoms with Crippen molar-refractivity contribution in [3.63, 3.8) is 0 Å². The molecule has 1 aromatic carbocycles. The van der Waals surface area contributed by atoms with Gasteiger partial charge in [0.1, 0.15) is 12.0 Å². The molecule has 8 heteroatoms. The van der Waals surface area contributed by atoms with E-state index >= 15 is 0 Å². The van der Waals surface area contributed by atoms with Crippen LogP contribution in [0.15, 0.2) is 46.0 Å². The molecule has 2 N–H and O–H groups in total. The zero-order chi connectivity index (χ0) is 19.3. The van der Waals surface area contributed by atoms with Crippen LogP contribution in [0.3, 0.4) is 0 Å². The first kappa shape index (κ1) is 24.4. The van der Waals surface area contributed by atoms with Crippen molar-refractivity contribution in [2.45, 2.75) is 19.9 Å². The molecule has 0 aliphatic carbocycles. The number of likely N-dealkylation sites (N-methyl/N-ethyl adjacent to an activating group) is 1. The Bertz CT molecular complexity index is 678. The Kier molecular flexibility index (Phi) is 12.5. The summed E-state index contributed by atoms with van der Waals surface area (Å²) in [5, 5.41) is 6.62. The van der Waals surface area contributed by atoms with Crippen molar-refractivity contribution in [1.82, 2.24) is 20.5 Å². The number of ether oxygens (including phenoxy) is 1. The van der Waals surface area contributed by atoms with E-state index in [2.05, 4.69) is 39.5 Å². The normalized spacial score (nSPS) is 11.4. The minimum Gasteiger partial charge on any atom is -0.444 e. The quantitative estimate of drug-likeness (QED) is 0.214. The smallest absolute Gasteiger partial charge is 0.226 e. The largest absolute Gasteiger partial charge is 0.444 e. The molecule has 0 atom stereocenters. The number of aliphatic imine (C=N–C) groups is 1. The number of nitrogens with one attached hydrogen (secondary N) is 2. The summed E-state index contributed by atoms with van der Waals surface area (Å²) in [4.78, 5) is 11.4. The molecule has 28 heavy (non-hydrogen) atoms. The van der Waals surface area contributed by atoms with E-state index in [4.69, 9.17) is 9.15 Å². The number of oxazole rings is 1. The second-order valence-electron chi connectivity index (χ2n) is 6.28. The van der Waals surface area contributed by atoms with Crippen LogP contribution in [0.1, 0.15) is 19.0 Å². The van der Waals surface area contributed by atoms with Crippen molar-refractivity contribution < 1.29 is 9.15 Å². The number of benzene rings is 1. The Morgan fingerprint density at radius 3 is 2.71 bits per heavy atom. The average Bonchev–Trinajstić information content (AvgIpc) is 3.16. The molecule has 0 spiro atoms. The summed E-state index contributed by atoms with van der Waals surface area (Å²) in [7, 11) is 3.85. The van der Waals surface area contributed by atoms with E-state index < -0.39 is 0 Å². The third kappa shape index (κ3) is 9.03. The number of hydrogen-bond donors (Lipinski definition) is 2. The van der Waals surface area contributed by atoms with Crippen LogP contribution in [0.5, 0.6) is 0 Å². The maximum absolute atomic E-state index is 5.56. The highest BCUT2D eigenvalue weighted by molar-refractivity contribution is 14.0. The summed E-state index contributed by atoms with van der Waals surface area (Å²) in [6.07, 6.45) is 2.70. The molecular weight excluding hydrogens is 469 g/mol. The molecule has 0 fully saturated rings. The van der Waals surface area contributed by atoms with Crippen molar-refractivity contribution in [3.05, 3.63) is 42.3 Å². The second-order valence-corrected chi connectivity index (χ2v) is 6.28. The van der Waals surface area contributed by atoms with Crippen molar-refractivity contribution in [2.24, 2.45) is 4.99 Å². The zero-order valence-electron chi connectivity index (χ0n) is 17.0. The van der Waals surface area contributed by atoms with E-state index in [1.165, 1.54) is 0 Å².